The Kier molecular flexibility index (Phi) is 5.07. The van der Waals surface area contributed by atoms with Crippen LogP contribution < -0.4 is 9.64 Å². The van der Waals surface area contributed by atoms with Crippen LogP contribution in [-0.2, 0) is 20.1 Å². The summed E-state index contributed by atoms with van der Waals surface area (Å²) in [5, 5.41) is 3.02. The van der Waals surface area contributed by atoms with Gasteiger partial charge in [-0.1, -0.05) is 59.6 Å². The topological polar surface area (TPSA) is 48.0 Å². The Bertz CT molecular complexity index is 1120. The highest BCUT2D eigenvalue weighted by Crippen LogP contribution is 2.51. The van der Waals surface area contributed by atoms with Crippen LogP contribution in [0.25, 0.3) is 10.8 Å². The van der Waals surface area contributed by atoms with Crippen molar-refractivity contribution in [2.24, 2.45) is 0 Å². The normalized spacial score (nSPS) is 17.1. The quantitative estimate of drug-likeness (QED) is 0.510. The van der Waals surface area contributed by atoms with Crippen LogP contribution in [0.15, 0.2) is 54.6 Å². The zero-order valence-electron chi connectivity index (χ0n) is 16.1. The zero-order chi connectivity index (χ0) is 20.7. The van der Waals surface area contributed by atoms with E-state index in [2.05, 4.69) is 12.1 Å². The molecular formula is C23H19Cl2NO4. The average Bonchev–Trinajstić information content (AvgIpc) is 3.34. The highest BCUT2D eigenvalue weighted by molar-refractivity contribution is 6.38. The number of carbonyl (C=O) groups excluding carboxylic acids is 1. The second-order valence-corrected chi connectivity index (χ2v) is 8.02. The van der Waals surface area contributed by atoms with Gasteiger partial charge < -0.3 is 19.1 Å². The first-order chi connectivity index (χ1) is 14.6. The molecule has 0 radical (unpaired) electrons. The summed E-state index contributed by atoms with van der Waals surface area (Å²) in [6.07, 6.45) is 0.604. The first-order valence-electron chi connectivity index (χ1n) is 9.81. The molecule has 0 bridgehead atoms. The summed E-state index contributed by atoms with van der Waals surface area (Å²) in [4.78, 5) is 14.8. The minimum absolute atomic E-state index is 0.296. The van der Waals surface area contributed by atoms with Gasteiger partial charge in [0.15, 0.2) is 0 Å². The third kappa shape index (κ3) is 3.05. The highest BCUT2D eigenvalue weighted by atomic mass is 35.5. The number of halogens is 2. The van der Waals surface area contributed by atoms with Crippen LogP contribution in [-0.4, -0.2) is 32.3 Å². The summed E-state index contributed by atoms with van der Waals surface area (Å²) >= 11 is 12.9. The number of anilines is 1. The average molecular weight is 444 g/mol. The molecule has 2 aliphatic rings. The monoisotopic (exact) mass is 443 g/mol. The van der Waals surface area contributed by atoms with Gasteiger partial charge in [-0.15, -0.1) is 0 Å². The number of ether oxygens (including phenoxy) is 3. The van der Waals surface area contributed by atoms with Crippen molar-refractivity contribution in [3.63, 3.8) is 0 Å². The third-order valence-electron chi connectivity index (χ3n) is 5.43. The van der Waals surface area contributed by atoms with Crippen LogP contribution in [0.2, 0.25) is 10.0 Å². The fourth-order valence-corrected chi connectivity index (χ4v) is 4.66. The molecule has 154 valence electrons. The smallest absolute Gasteiger partial charge is 0.292 e. The predicted octanol–water partition coefficient (Wildman–Crippen LogP) is 5.16. The maximum absolute atomic E-state index is 13.2. The Labute approximate surface area is 184 Å². The number of hydrogen-bond donors (Lipinski definition) is 0. The molecule has 1 saturated heterocycles. The Hall–Kier alpha value is -2.31. The number of rotatable bonds is 5. The van der Waals surface area contributed by atoms with Crippen LogP contribution in [0, 0.1) is 0 Å². The summed E-state index contributed by atoms with van der Waals surface area (Å²) < 4.78 is 17.5. The molecule has 0 N–H and O–H groups in total. The van der Waals surface area contributed by atoms with Crippen molar-refractivity contribution in [2.75, 3.05) is 31.3 Å². The molecule has 1 amide bonds. The minimum atomic E-state index is -1.49. The van der Waals surface area contributed by atoms with Gasteiger partial charge in [-0.3, -0.25) is 4.79 Å². The molecular weight excluding hydrogens is 425 g/mol. The highest BCUT2D eigenvalue weighted by Gasteiger charge is 2.57. The Morgan fingerprint density at radius 3 is 2.53 bits per heavy atom. The van der Waals surface area contributed by atoms with E-state index >= 15 is 0 Å². The van der Waals surface area contributed by atoms with Crippen molar-refractivity contribution in [1.82, 2.24) is 0 Å². The molecule has 0 unspecified atom stereocenters. The molecule has 3 aromatic carbocycles. The lowest BCUT2D eigenvalue weighted by Crippen LogP contribution is -2.42. The van der Waals surface area contributed by atoms with Crippen LogP contribution in [0.5, 0.6) is 5.75 Å². The van der Waals surface area contributed by atoms with Crippen LogP contribution >= 0.6 is 23.2 Å². The standard InChI is InChI=1S/C23H19Cl2NO4/c24-17-9-10-18(25)21-20(17)23(29-13-14-30-23)22(27)26(21)11-4-12-28-19-8-3-6-15-5-1-2-7-16(15)19/h1-3,5-10H,4,11-14H2. The minimum Gasteiger partial charge on any atom is -0.493 e. The lowest BCUT2D eigenvalue weighted by molar-refractivity contribution is -0.180. The van der Waals surface area contributed by atoms with Gasteiger partial charge in [-0.2, -0.15) is 0 Å². The zero-order valence-corrected chi connectivity index (χ0v) is 17.6. The lowest BCUT2D eigenvalue weighted by atomic mass is 10.1. The van der Waals surface area contributed by atoms with Crippen molar-refractivity contribution in [2.45, 2.75) is 12.2 Å². The molecule has 30 heavy (non-hydrogen) atoms. The summed E-state index contributed by atoms with van der Waals surface area (Å²) in [6, 6.07) is 17.4. The Morgan fingerprint density at radius 1 is 0.967 bits per heavy atom. The Morgan fingerprint density at radius 2 is 1.70 bits per heavy atom. The molecule has 0 aromatic heterocycles. The SMILES string of the molecule is O=C1N(CCCOc2cccc3ccccc23)c2c(Cl)ccc(Cl)c2C12OCCO2. The van der Waals surface area contributed by atoms with E-state index in [-0.39, 0.29) is 5.91 Å². The third-order valence-corrected chi connectivity index (χ3v) is 6.05. The van der Waals surface area contributed by atoms with Gasteiger partial charge in [0, 0.05) is 11.9 Å². The molecule has 3 aromatic rings. The van der Waals surface area contributed by atoms with Gasteiger partial charge in [0.05, 0.1) is 41.1 Å². The van der Waals surface area contributed by atoms with E-state index in [1.165, 1.54) is 0 Å². The molecule has 1 spiro atoms. The number of benzene rings is 3. The molecule has 0 atom stereocenters. The van der Waals surface area contributed by atoms with Crippen molar-refractivity contribution in [3.8, 4) is 5.75 Å². The van der Waals surface area contributed by atoms with E-state index in [1.807, 2.05) is 30.3 Å². The first kappa shape index (κ1) is 19.6. The number of fused-ring (bicyclic) bond motifs is 3. The summed E-state index contributed by atoms with van der Waals surface area (Å²) in [5.74, 6) is -0.968. The molecule has 0 saturated carbocycles. The fraction of sp³-hybridized carbons (Fsp3) is 0.261. The van der Waals surface area contributed by atoms with Crippen LogP contribution in [0.4, 0.5) is 5.69 Å². The van der Waals surface area contributed by atoms with E-state index in [0.29, 0.717) is 54.1 Å². The van der Waals surface area contributed by atoms with Crippen molar-refractivity contribution in [3.05, 3.63) is 70.2 Å². The van der Waals surface area contributed by atoms with Crippen molar-refractivity contribution < 1.29 is 19.0 Å². The van der Waals surface area contributed by atoms with Gasteiger partial charge in [0.25, 0.3) is 11.7 Å². The molecule has 1 fully saturated rings. The number of nitrogens with zero attached hydrogens (tertiary/aromatic N) is 1. The van der Waals surface area contributed by atoms with Crippen LogP contribution in [0.3, 0.4) is 0 Å². The van der Waals surface area contributed by atoms with E-state index < -0.39 is 5.79 Å². The number of carbonyl (C=O) groups is 1. The second-order valence-electron chi connectivity index (χ2n) is 7.20. The first-order valence-corrected chi connectivity index (χ1v) is 10.6. The van der Waals surface area contributed by atoms with Gasteiger partial charge >= 0.3 is 0 Å². The van der Waals surface area contributed by atoms with Gasteiger partial charge in [0.1, 0.15) is 5.75 Å². The van der Waals surface area contributed by atoms with E-state index in [4.69, 9.17) is 37.4 Å². The van der Waals surface area contributed by atoms with Crippen molar-refractivity contribution in [1.29, 1.82) is 0 Å². The van der Waals surface area contributed by atoms with E-state index in [0.717, 1.165) is 16.5 Å². The maximum atomic E-state index is 13.2. The summed E-state index contributed by atoms with van der Waals surface area (Å²) in [7, 11) is 0. The molecule has 5 rings (SSSR count). The van der Waals surface area contributed by atoms with Crippen LogP contribution in [0.1, 0.15) is 12.0 Å². The fourth-order valence-electron chi connectivity index (χ4n) is 4.12. The molecule has 0 aliphatic carbocycles. The van der Waals surface area contributed by atoms with Gasteiger partial charge in [-0.25, -0.2) is 0 Å². The molecule has 5 nitrogen and oxygen atoms in total. The second kappa shape index (κ2) is 7.75. The van der Waals surface area contributed by atoms with Gasteiger partial charge in [-0.05, 0) is 30.0 Å². The molecule has 7 heteroatoms. The number of amides is 1. The summed E-state index contributed by atoms with van der Waals surface area (Å²) in [5.41, 5.74) is 1.05. The number of hydrogen-bond acceptors (Lipinski definition) is 4. The summed E-state index contributed by atoms with van der Waals surface area (Å²) in [6.45, 7) is 1.50. The molecule has 2 aliphatic heterocycles. The van der Waals surface area contributed by atoms with Gasteiger partial charge in [0.2, 0.25) is 0 Å². The lowest BCUT2D eigenvalue weighted by Gasteiger charge is -2.22. The largest absolute Gasteiger partial charge is 0.493 e. The Balaban J connectivity index is 1.35. The van der Waals surface area contributed by atoms with Crippen molar-refractivity contribution >= 4 is 45.6 Å². The predicted molar refractivity (Wildman–Crippen MR) is 116 cm³/mol. The van der Waals surface area contributed by atoms with E-state index in [9.17, 15) is 4.79 Å². The maximum Gasteiger partial charge on any atom is 0.292 e. The van der Waals surface area contributed by atoms with E-state index in [1.54, 1.807) is 17.0 Å². The molecule has 2 heterocycles.